The van der Waals surface area contributed by atoms with Gasteiger partial charge in [0, 0.05) is 32.7 Å². The molecule has 0 atom stereocenters. The van der Waals surface area contributed by atoms with Crippen LogP contribution >= 0.6 is 0 Å². The number of nitrogens with zero attached hydrogens (tertiary/aromatic N) is 1. The van der Waals surface area contributed by atoms with E-state index in [0.29, 0.717) is 17.7 Å². The predicted molar refractivity (Wildman–Crippen MR) is 78.2 cm³/mol. The molecule has 1 rings (SSSR count). The van der Waals surface area contributed by atoms with E-state index >= 15 is 0 Å². The molecule has 0 unspecified atom stereocenters. The zero-order valence-corrected chi connectivity index (χ0v) is 11.8. The predicted octanol–water partition coefficient (Wildman–Crippen LogP) is 0.938. The maximum absolute atomic E-state index is 12.1. The minimum absolute atomic E-state index is 0.125. The molecule has 1 heterocycles. The molecule has 0 radical (unpaired) electrons. The lowest BCUT2D eigenvalue weighted by atomic mass is 10.1. The molecule has 1 aromatic heterocycles. The molecule has 0 bridgehead atoms. The van der Waals surface area contributed by atoms with Crippen LogP contribution in [-0.4, -0.2) is 37.7 Å². The van der Waals surface area contributed by atoms with Crippen LogP contribution in [0.5, 0.6) is 0 Å². The summed E-state index contributed by atoms with van der Waals surface area (Å²) in [6, 6.07) is 1.67. The first kappa shape index (κ1) is 16.2. The van der Waals surface area contributed by atoms with Crippen molar-refractivity contribution in [2.75, 3.05) is 26.8 Å². The molecule has 1 amide bonds. The van der Waals surface area contributed by atoms with E-state index in [-0.39, 0.29) is 12.5 Å². The van der Waals surface area contributed by atoms with Crippen LogP contribution < -0.4 is 11.1 Å². The molecule has 5 nitrogen and oxygen atoms in total. The number of ether oxygens (including phenoxy) is 1. The van der Waals surface area contributed by atoms with Crippen molar-refractivity contribution in [1.29, 1.82) is 0 Å². The molecule has 0 aromatic carbocycles. The third kappa shape index (κ3) is 5.83. The summed E-state index contributed by atoms with van der Waals surface area (Å²) in [7, 11) is 1.69. The van der Waals surface area contributed by atoms with E-state index in [4.69, 9.17) is 10.5 Å². The zero-order valence-electron chi connectivity index (χ0n) is 11.8. The molecule has 1 aromatic rings. The first-order valence-corrected chi connectivity index (χ1v) is 6.69. The minimum atomic E-state index is -0.125. The van der Waals surface area contributed by atoms with Gasteiger partial charge in [0.15, 0.2) is 0 Å². The maximum atomic E-state index is 12.1. The van der Waals surface area contributed by atoms with E-state index in [1.165, 1.54) is 0 Å². The summed E-state index contributed by atoms with van der Waals surface area (Å²) in [4.78, 5) is 16.0. The quantitative estimate of drug-likeness (QED) is 0.573. The standard InChI is InChI=1S/C15H21N3O2/c1-20-11-4-2-3-9-18-15(19)14-7-10-17-12-13(14)6-5-8-16/h7,10,12H,2-4,8-9,11,16H2,1H3,(H,18,19). The number of aromatic nitrogens is 1. The molecular weight excluding hydrogens is 254 g/mol. The summed E-state index contributed by atoms with van der Waals surface area (Å²) in [5, 5.41) is 2.89. The van der Waals surface area contributed by atoms with E-state index in [2.05, 4.69) is 22.1 Å². The molecule has 0 saturated heterocycles. The van der Waals surface area contributed by atoms with Gasteiger partial charge in [0.05, 0.1) is 17.7 Å². The fourth-order valence-corrected chi connectivity index (χ4v) is 1.68. The second-order valence-electron chi connectivity index (χ2n) is 4.24. The third-order valence-corrected chi connectivity index (χ3v) is 2.70. The zero-order chi connectivity index (χ0) is 14.6. The Morgan fingerprint density at radius 3 is 3.05 bits per heavy atom. The summed E-state index contributed by atoms with van der Waals surface area (Å²) in [6.07, 6.45) is 6.14. The van der Waals surface area contributed by atoms with Gasteiger partial charge in [0.25, 0.3) is 5.91 Å². The van der Waals surface area contributed by atoms with Crippen LogP contribution in [0.2, 0.25) is 0 Å². The Balaban J connectivity index is 2.47. The molecule has 0 aliphatic heterocycles. The van der Waals surface area contributed by atoms with E-state index < -0.39 is 0 Å². The number of hydrogen-bond donors (Lipinski definition) is 2. The first-order chi connectivity index (χ1) is 9.79. The number of rotatable bonds is 7. The molecule has 108 valence electrons. The number of amides is 1. The Morgan fingerprint density at radius 1 is 1.45 bits per heavy atom. The summed E-state index contributed by atoms with van der Waals surface area (Å²) >= 11 is 0. The lowest BCUT2D eigenvalue weighted by Gasteiger charge is -2.06. The van der Waals surface area contributed by atoms with Crippen molar-refractivity contribution in [2.24, 2.45) is 5.73 Å². The minimum Gasteiger partial charge on any atom is -0.385 e. The smallest absolute Gasteiger partial charge is 0.252 e. The molecule has 3 N–H and O–H groups in total. The number of carbonyl (C=O) groups excluding carboxylic acids is 1. The molecule has 0 aliphatic carbocycles. The van der Waals surface area contributed by atoms with Crippen LogP contribution in [0.4, 0.5) is 0 Å². The molecule has 0 aliphatic rings. The third-order valence-electron chi connectivity index (χ3n) is 2.70. The number of nitrogens with two attached hydrogens (primary N) is 1. The summed E-state index contributed by atoms with van der Waals surface area (Å²) in [5.74, 6) is 5.47. The summed E-state index contributed by atoms with van der Waals surface area (Å²) in [6.45, 7) is 1.67. The van der Waals surface area contributed by atoms with E-state index in [1.807, 2.05) is 0 Å². The Morgan fingerprint density at radius 2 is 2.30 bits per heavy atom. The van der Waals surface area contributed by atoms with Gasteiger partial charge in [-0.2, -0.15) is 0 Å². The second-order valence-corrected chi connectivity index (χ2v) is 4.24. The van der Waals surface area contributed by atoms with Gasteiger partial charge in [-0.3, -0.25) is 9.78 Å². The van der Waals surface area contributed by atoms with Gasteiger partial charge in [0.2, 0.25) is 0 Å². The Bertz CT molecular complexity index is 477. The van der Waals surface area contributed by atoms with Crippen LogP contribution in [0.15, 0.2) is 18.5 Å². The van der Waals surface area contributed by atoms with Gasteiger partial charge in [0.1, 0.15) is 0 Å². The Labute approximate surface area is 119 Å². The molecule has 5 heteroatoms. The largest absolute Gasteiger partial charge is 0.385 e. The molecule has 0 spiro atoms. The van der Waals surface area contributed by atoms with Gasteiger partial charge in [-0.25, -0.2) is 0 Å². The average Bonchev–Trinajstić information content (AvgIpc) is 2.48. The van der Waals surface area contributed by atoms with E-state index in [9.17, 15) is 4.79 Å². The Hall–Kier alpha value is -1.90. The number of nitrogens with one attached hydrogen (secondary N) is 1. The lowest BCUT2D eigenvalue weighted by Crippen LogP contribution is -2.25. The van der Waals surface area contributed by atoms with Crippen molar-refractivity contribution in [3.8, 4) is 11.8 Å². The summed E-state index contributed by atoms with van der Waals surface area (Å²) in [5.41, 5.74) is 6.48. The van der Waals surface area contributed by atoms with E-state index in [1.54, 1.807) is 25.6 Å². The van der Waals surface area contributed by atoms with Gasteiger partial charge < -0.3 is 15.8 Å². The molecular formula is C15H21N3O2. The van der Waals surface area contributed by atoms with Crippen molar-refractivity contribution in [1.82, 2.24) is 10.3 Å². The van der Waals surface area contributed by atoms with Crippen molar-refractivity contribution in [3.05, 3.63) is 29.6 Å². The highest BCUT2D eigenvalue weighted by molar-refractivity contribution is 5.96. The van der Waals surface area contributed by atoms with Crippen molar-refractivity contribution >= 4 is 5.91 Å². The van der Waals surface area contributed by atoms with Gasteiger partial charge in [-0.1, -0.05) is 11.8 Å². The number of hydrogen-bond acceptors (Lipinski definition) is 4. The van der Waals surface area contributed by atoms with Gasteiger partial charge in [-0.15, -0.1) is 0 Å². The normalized spacial score (nSPS) is 9.70. The monoisotopic (exact) mass is 275 g/mol. The fraction of sp³-hybridized carbons (Fsp3) is 0.467. The highest BCUT2D eigenvalue weighted by Crippen LogP contribution is 2.05. The van der Waals surface area contributed by atoms with Crippen LogP contribution in [-0.2, 0) is 4.74 Å². The first-order valence-electron chi connectivity index (χ1n) is 6.69. The lowest BCUT2D eigenvalue weighted by molar-refractivity contribution is 0.0952. The Kier molecular flexibility index (Phi) is 8.04. The van der Waals surface area contributed by atoms with Crippen LogP contribution in [0.1, 0.15) is 35.2 Å². The number of pyridine rings is 1. The van der Waals surface area contributed by atoms with Crippen molar-refractivity contribution < 1.29 is 9.53 Å². The maximum Gasteiger partial charge on any atom is 0.252 e. The average molecular weight is 275 g/mol. The molecule has 20 heavy (non-hydrogen) atoms. The summed E-state index contributed by atoms with van der Waals surface area (Å²) < 4.78 is 4.97. The van der Waals surface area contributed by atoms with Crippen LogP contribution in [0, 0.1) is 11.8 Å². The number of methoxy groups -OCH3 is 1. The number of carbonyl (C=O) groups is 1. The van der Waals surface area contributed by atoms with Crippen LogP contribution in [0.3, 0.4) is 0 Å². The highest BCUT2D eigenvalue weighted by atomic mass is 16.5. The van der Waals surface area contributed by atoms with Gasteiger partial charge >= 0.3 is 0 Å². The van der Waals surface area contributed by atoms with E-state index in [0.717, 1.165) is 25.9 Å². The molecule has 0 fully saturated rings. The second kappa shape index (κ2) is 9.96. The van der Waals surface area contributed by atoms with Crippen molar-refractivity contribution in [2.45, 2.75) is 19.3 Å². The SMILES string of the molecule is COCCCCCNC(=O)c1ccncc1C#CCN. The molecule has 0 saturated carbocycles. The van der Waals surface area contributed by atoms with Gasteiger partial charge in [-0.05, 0) is 25.3 Å². The highest BCUT2D eigenvalue weighted by Gasteiger charge is 2.09. The van der Waals surface area contributed by atoms with Crippen molar-refractivity contribution in [3.63, 3.8) is 0 Å². The number of unbranched alkanes of at least 4 members (excludes halogenated alkanes) is 2. The topological polar surface area (TPSA) is 77.2 Å². The fourth-order valence-electron chi connectivity index (χ4n) is 1.68. The van der Waals surface area contributed by atoms with Crippen LogP contribution in [0.25, 0.3) is 0 Å².